The Balaban J connectivity index is 0.000000274. The van der Waals surface area contributed by atoms with Gasteiger partial charge in [0.1, 0.15) is 49.3 Å². The van der Waals surface area contributed by atoms with Gasteiger partial charge in [0.25, 0.3) is 0 Å². The number of hydrogen-bond donors (Lipinski definition) is 3. The Morgan fingerprint density at radius 2 is 1.26 bits per heavy atom. The van der Waals surface area contributed by atoms with Gasteiger partial charge in [-0.1, -0.05) is 31.9 Å². The third-order valence-electron chi connectivity index (χ3n) is 10.9. The maximum absolute atomic E-state index is 11.7. The van der Waals surface area contributed by atoms with E-state index in [1.54, 1.807) is 6.08 Å². The smallest absolute Gasteiger partial charge is 0.857 e. The van der Waals surface area contributed by atoms with E-state index in [1.165, 1.54) is 20.3 Å². The van der Waals surface area contributed by atoms with Crippen LogP contribution in [0, 0.1) is 5.92 Å². The third-order valence-corrected chi connectivity index (χ3v) is 10.9. The molecule has 2 spiro atoms. The van der Waals surface area contributed by atoms with E-state index in [1.807, 2.05) is 6.08 Å². The summed E-state index contributed by atoms with van der Waals surface area (Å²) in [5, 5.41) is 38.1. The summed E-state index contributed by atoms with van der Waals surface area (Å²) in [4.78, 5) is 23.0. The van der Waals surface area contributed by atoms with Crippen LogP contribution in [0.3, 0.4) is 0 Å². The minimum Gasteiger partial charge on any atom is -0.857 e. The largest absolute Gasteiger partial charge is 1.00 e. The summed E-state index contributed by atoms with van der Waals surface area (Å²) in [6.07, 6.45) is 8.20. The molecular formula is C38H61NaO14. The predicted octanol–water partition coefficient (Wildman–Crippen LogP) is -0.626. The molecule has 4 saturated heterocycles. The Labute approximate surface area is 336 Å². The van der Waals surface area contributed by atoms with Gasteiger partial charge in [0.2, 0.25) is 0 Å². The molecule has 14 nitrogen and oxygen atoms in total. The zero-order chi connectivity index (χ0) is 38.1. The van der Waals surface area contributed by atoms with Crippen molar-refractivity contribution in [3.05, 3.63) is 25.3 Å². The molecule has 15 heteroatoms. The molecule has 0 aromatic rings. The molecule has 6 rings (SSSR count). The van der Waals surface area contributed by atoms with Gasteiger partial charge in [0, 0.05) is 45.4 Å². The van der Waals surface area contributed by atoms with E-state index < -0.39 is 79.0 Å². The molecule has 298 valence electrons. The zero-order valence-corrected chi connectivity index (χ0v) is 34.2. The van der Waals surface area contributed by atoms with Crippen LogP contribution >= 0.6 is 0 Å². The van der Waals surface area contributed by atoms with Crippen molar-refractivity contribution < 1.29 is 97.5 Å². The molecule has 2 aliphatic carbocycles. The van der Waals surface area contributed by atoms with Crippen LogP contribution < -0.4 is 34.7 Å². The van der Waals surface area contributed by atoms with Crippen molar-refractivity contribution in [1.82, 2.24) is 0 Å². The van der Waals surface area contributed by atoms with Crippen molar-refractivity contribution in [2.24, 2.45) is 5.92 Å². The summed E-state index contributed by atoms with van der Waals surface area (Å²) in [5.74, 6) is -2.05. The Hall–Kier alpha value is -0.980. The number of fused-ring (bicyclic) bond motifs is 2. The average Bonchev–Trinajstić information content (AvgIpc) is 3.69. The second-order valence-corrected chi connectivity index (χ2v) is 14.6. The van der Waals surface area contributed by atoms with E-state index in [9.17, 15) is 24.9 Å². The van der Waals surface area contributed by atoms with E-state index >= 15 is 0 Å². The van der Waals surface area contributed by atoms with Gasteiger partial charge >= 0.3 is 41.5 Å². The van der Waals surface area contributed by atoms with Crippen LogP contribution in [0.25, 0.3) is 0 Å². The van der Waals surface area contributed by atoms with Gasteiger partial charge in [-0.05, 0) is 38.5 Å². The summed E-state index contributed by atoms with van der Waals surface area (Å²) in [6, 6.07) is 0. The first kappa shape index (κ1) is 46.4. The van der Waals surface area contributed by atoms with Crippen LogP contribution in [0.2, 0.25) is 0 Å². The van der Waals surface area contributed by atoms with Gasteiger partial charge < -0.3 is 58.3 Å². The van der Waals surface area contributed by atoms with Gasteiger partial charge in [0.15, 0.2) is 17.7 Å². The fourth-order valence-corrected chi connectivity index (χ4v) is 8.45. The minimum atomic E-state index is -1.06. The van der Waals surface area contributed by atoms with E-state index in [0.717, 1.165) is 64.9 Å². The fraction of sp³-hybridized carbons (Fsp3) is 0.842. The van der Waals surface area contributed by atoms with Crippen LogP contribution in [-0.4, -0.2) is 126 Å². The fourth-order valence-electron chi connectivity index (χ4n) is 8.45. The van der Waals surface area contributed by atoms with Gasteiger partial charge in [-0.2, -0.15) is 7.11 Å². The second-order valence-electron chi connectivity index (χ2n) is 14.6. The second kappa shape index (κ2) is 21.5. The van der Waals surface area contributed by atoms with Crippen molar-refractivity contribution in [3.8, 4) is 0 Å². The third kappa shape index (κ3) is 11.3. The molecule has 0 unspecified atom stereocenters. The molecular weight excluding hydrogens is 703 g/mol. The molecule has 6 aliphatic rings. The molecule has 12 atom stereocenters. The topological polar surface area (TPSA) is 192 Å². The maximum atomic E-state index is 11.7. The van der Waals surface area contributed by atoms with Crippen LogP contribution in [0.15, 0.2) is 25.3 Å². The van der Waals surface area contributed by atoms with Crippen LogP contribution in [-0.2, 0) is 47.5 Å². The van der Waals surface area contributed by atoms with Crippen LogP contribution in [0.1, 0.15) is 97.8 Å². The SMILES string of the molecule is C=CC[C@@H]1O[C@@H]([C@@H](COC(C)=O)OC(C)=O)[C@H]2OC3(CCCCC3)O[C@H]2[C@H]1C.C=CC[C@@H]1O[C@@H]([C@H](O)CO)[C@H]2OC3(CCCCC3)O[C@H]2[C@H]1O.C[O-].[Na+]. The Bertz CT molecular complexity index is 1160. The summed E-state index contributed by atoms with van der Waals surface area (Å²) >= 11 is 0. The van der Waals surface area contributed by atoms with Crippen molar-refractivity contribution in [1.29, 1.82) is 0 Å². The molecule has 0 amide bonds. The van der Waals surface area contributed by atoms with Crippen molar-refractivity contribution in [3.63, 3.8) is 0 Å². The quantitative estimate of drug-likeness (QED) is 0.145. The summed E-state index contributed by atoms with van der Waals surface area (Å²) in [5.41, 5.74) is 0. The number of ether oxygens (including phenoxy) is 8. The Morgan fingerprint density at radius 1 is 0.792 bits per heavy atom. The molecule has 0 bridgehead atoms. The Kier molecular flexibility index (Phi) is 18.8. The van der Waals surface area contributed by atoms with Crippen molar-refractivity contribution in [2.75, 3.05) is 20.3 Å². The number of carbonyl (C=O) groups excluding carboxylic acids is 2. The van der Waals surface area contributed by atoms with E-state index in [-0.39, 0.29) is 60.4 Å². The summed E-state index contributed by atoms with van der Waals surface area (Å²) in [6.45, 7) is 11.8. The molecule has 3 N–H and O–H groups in total. The molecule has 0 radical (unpaired) electrons. The molecule has 4 heterocycles. The van der Waals surface area contributed by atoms with Gasteiger partial charge in [-0.3, -0.25) is 9.59 Å². The average molecular weight is 765 g/mol. The number of aliphatic hydroxyl groups is 3. The van der Waals surface area contributed by atoms with Crippen molar-refractivity contribution in [2.45, 2.75) is 177 Å². The maximum Gasteiger partial charge on any atom is 1.00 e. The predicted molar refractivity (Wildman–Crippen MR) is 184 cm³/mol. The van der Waals surface area contributed by atoms with Gasteiger partial charge in [-0.25, -0.2) is 0 Å². The normalized spacial score (nSPS) is 36.1. The van der Waals surface area contributed by atoms with Gasteiger partial charge in [-0.15, -0.1) is 13.2 Å². The number of hydrogen-bond acceptors (Lipinski definition) is 14. The van der Waals surface area contributed by atoms with Crippen LogP contribution in [0.5, 0.6) is 0 Å². The zero-order valence-electron chi connectivity index (χ0n) is 32.2. The molecule has 2 saturated carbocycles. The first-order chi connectivity index (χ1) is 24.9. The van der Waals surface area contributed by atoms with Crippen molar-refractivity contribution >= 4 is 11.9 Å². The molecule has 0 aromatic carbocycles. The standard InChI is InChI=1S/C21H32O7.C16H26O6.CH3O.Na/c1-5-9-16-13(2)18-20(28-21(27-18)10-7-6-8-11-21)19(26-16)17(25-15(4)23)12-24-14(3)22;1-2-6-11-12(19)14-15(13(20-11)10(18)9-17)22-16(21-14)7-4-3-5-8-16;1-2;/h5,13,16-20H,1,6-12H2,2-4H3;2,10-15,17-19H,1,3-9H2;1H3;/q;;-1;+1/t13-,16-,17+,18-,19-,20-;10-,11+,12+,13+,14+,15-;;/m01../s1. The molecule has 6 fully saturated rings. The molecule has 53 heavy (non-hydrogen) atoms. The monoisotopic (exact) mass is 764 g/mol. The number of rotatable bonds is 10. The molecule has 0 aromatic heterocycles. The van der Waals surface area contributed by atoms with Gasteiger partial charge in [0.05, 0.1) is 24.9 Å². The number of esters is 2. The molecule has 4 aliphatic heterocycles. The Morgan fingerprint density at radius 3 is 1.75 bits per heavy atom. The first-order valence-electron chi connectivity index (χ1n) is 18.9. The minimum absolute atomic E-state index is 0. The van der Waals surface area contributed by atoms with E-state index in [4.69, 9.17) is 43.0 Å². The van der Waals surface area contributed by atoms with E-state index in [2.05, 4.69) is 20.1 Å². The van der Waals surface area contributed by atoms with E-state index in [0.29, 0.717) is 12.8 Å². The van der Waals surface area contributed by atoms with Crippen LogP contribution in [0.4, 0.5) is 0 Å². The summed E-state index contributed by atoms with van der Waals surface area (Å²) < 4.78 is 48.0. The summed E-state index contributed by atoms with van der Waals surface area (Å²) in [7, 11) is 0.750. The first-order valence-corrected chi connectivity index (χ1v) is 18.9. The number of carbonyl (C=O) groups is 2. The number of aliphatic hydroxyl groups excluding tert-OH is 3.